The molecule has 0 bridgehead atoms. The molecule has 1 aliphatic rings. The van der Waals surface area contributed by atoms with Gasteiger partial charge < -0.3 is 9.64 Å². The maximum absolute atomic E-state index is 12.8. The second kappa shape index (κ2) is 9.07. The molecule has 2 rings (SSSR count). The molecule has 4 nitrogen and oxygen atoms in total. The minimum absolute atomic E-state index is 0.176. The highest BCUT2D eigenvalue weighted by molar-refractivity contribution is 5.81. The van der Waals surface area contributed by atoms with Gasteiger partial charge in [0.1, 0.15) is 5.75 Å². The van der Waals surface area contributed by atoms with E-state index in [2.05, 4.69) is 24.4 Å². The first-order chi connectivity index (χ1) is 11.6. The standard InChI is InChI=1S/C20H32N2O2/c1-5-19(16-11-13-18(24-4)14-12-16)21-15(2)20(23)22(3)17-9-7-6-8-10-17/h11-15,17,19,21H,5-10H2,1-4H3. The van der Waals surface area contributed by atoms with Crippen molar-refractivity contribution >= 4 is 5.91 Å². The molecule has 2 unspecified atom stereocenters. The number of benzene rings is 1. The zero-order valence-electron chi connectivity index (χ0n) is 15.5. The van der Waals surface area contributed by atoms with E-state index in [0.29, 0.717) is 6.04 Å². The predicted molar refractivity (Wildman–Crippen MR) is 98.3 cm³/mol. The first kappa shape index (κ1) is 18.8. The van der Waals surface area contributed by atoms with Gasteiger partial charge in [0, 0.05) is 19.1 Å². The summed E-state index contributed by atoms with van der Waals surface area (Å²) in [4.78, 5) is 14.7. The van der Waals surface area contributed by atoms with E-state index in [9.17, 15) is 4.79 Å². The van der Waals surface area contributed by atoms with Crippen molar-refractivity contribution in [2.75, 3.05) is 14.2 Å². The molecule has 1 N–H and O–H groups in total. The fourth-order valence-corrected chi connectivity index (χ4v) is 3.61. The van der Waals surface area contributed by atoms with Gasteiger partial charge in [0.05, 0.1) is 13.2 Å². The summed E-state index contributed by atoms with van der Waals surface area (Å²) < 4.78 is 5.22. The summed E-state index contributed by atoms with van der Waals surface area (Å²) >= 11 is 0. The van der Waals surface area contributed by atoms with Crippen LogP contribution in [0.5, 0.6) is 5.75 Å². The third kappa shape index (κ3) is 4.73. The summed E-state index contributed by atoms with van der Waals surface area (Å²) in [6.45, 7) is 4.12. The van der Waals surface area contributed by atoms with E-state index < -0.39 is 0 Å². The summed E-state index contributed by atoms with van der Waals surface area (Å²) in [5.74, 6) is 1.06. The number of amides is 1. The molecule has 0 spiro atoms. The molecular formula is C20H32N2O2. The van der Waals surface area contributed by atoms with Gasteiger partial charge >= 0.3 is 0 Å². The first-order valence-corrected chi connectivity index (χ1v) is 9.23. The molecule has 4 heteroatoms. The minimum atomic E-state index is -0.177. The van der Waals surface area contributed by atoms with Crippen LogP contribution in [-0.2, 0) is 4.79 Å². The van der Waals surface area contributed by atoms with E-state index in [4.69, 9.17) is 4.74 Å². The Morgan fingerprint density at radius 2 is 1.88 bits per heavy atom. The van der Waals surface area contributed by atoms with Crippen molar-refractivity contribution in [1.29, 1.82) is 0 Å². The van der Waals surface area contributed by atoms with E-state index in [1.807, 2.05) is 31.0 Å². The van der Waals surface area contributed by atoms with Crippen LogP contribution in [-0.4, -0.2) is 37.0 Å². The predicted octanol–water partition coefficient (Wildman–Crippen LogP) is 3.92. The van der Waals surface area contributed by atoms with Crippen LogP contribution in [0, 0.1) is 0 Å². The molecule has 0 aromatic heterocycles. The Labute approximate surface area is 146 Å². The Balaban J connectivity index is 1.96. The number of hydrogen-bond donors (Lipinski definition) is 1. The summed E-state index contributed by atoms with van der Waals surface area (Å²) in [6.07, 6.45) is 7.02. The van der Waals surface area contributed by atoms with Gasteiger partial charge in [-0.2, -0.15) is 0 Å². The average Bonchev–Trinajstić information content (AvgIpc) is 2.65. The Bertz CT molecular complexity index is 509. The van der Waals surface area contributed by atoms with Gasteiger partial charge in [-0.05, 0) is 43.9 Å². The molecule has 1 saturated carbocycles. The number of ether oxygens (including phenoxy) is 1. The van der Waals surface area contributed by atoms with Crippen molar-refractivity contribution in [2.24, 2.45) is 0 Å². The number of nitrogens with one attached hydrogen (secondary N) is 1. The van der Waals surface area contributed by atoms with Crippen LogP contribution in [0.1, 0.15) is 64.0 Å². The highest BCUT2D eigenvalue weighted by Gasteiger charge is 2.26. The molecule has 0 radical (unpaired) electrons. The molecule has 2 atom stereocenters. The van der Waals surface area contributed by atoms with E-state index in [0.717, 1.165) is 25.0 Å². The second-order valence-electron chi connectivity index (χ2n) is 6.86. The fraction of sp³-hybridized carbons (Fsp3) is 0.650. The van der Waals surface area contributed by atoms with E-state index >= 15 is 0 Å². The van der Waals surface area contributed by atoms with Crippen molar-refractivity contribution in [3.8, 4) is 5.75 Å². The average molecular weight is 332 g/mol. The number of methoxy groups -OCH3 is 1. The topological polar surface area (TPSA) is 41.6 Å². The van der Waals surface area contributed by atoms with Crippen LogP contribution in [0.4, 0.5) is 0 Å². The quantitative estimate of drug-likeness (QED) is 0.823. The fourth-order valence-electron chi connectivity index (χ4n) is 3.61. The zero-order valence-corrected chi connectivity index (χ0v) is 15.5. The van der Waals surface area contributed by atoms with Gasteiger partial charge in [0.2, 0.25) is 5.91 Å². The third-order valence-electron chi connectivity index (χ3n) is 5.22. The van der Waals surface area contributed by atoms with Gasteiger partial charge in [-0.25, -0.2) is 0 Å². The molecule has 24 heavy (non-hydrogen) atoms. The van der Waals surface area contributed by atoms with Gasteiger partial charge in [-0.15, -0.1) is 0 Å². The van der Waals surface area contributed by atoms with Crippen LogP contribution in [0.2, 0.25) is 0 Å². The molecular weight excluding hydrogens is 300 g/mol. The maximum Gasteiger partial charge on any atom is 0.239 e. The maximum atomic E-state index is 12.8. The Morgan fingerprint density at radius 3 is 2.42 bits per heavy atom. The Kier molecular flexibility index (Phi) is 7.10. The zero-order chi connectivity index (χ0) is 17.5. The molecule has 1 aliphatic carbocycles. The normalized spacial score (nSPS) is 18.0. The summed E-state index contributed by atoms with van der Waals surface area (Å²) in [5, 5.41) is 3.51. The molecule has 1 amide bonds. The molecule has 1 aromatic rings. The molecule has 0 saturated heterocycles. The lowest BCUT2D eigenvalue weighted by molar-refractivity contribution is -0.134. The lowest BCUT2D eigenvalue weighted by Crippen LogP contribution is -2.48. The number of hydrogen-bond acceptors (Lipinski definition) is 3. The van der Waals surface area contributed by atoms with Crippen LogP contribution in [0.3, 0.4) is 0 Å². The molecule has 0 aliphatic heterocycles. The number of likely N-dealkylation sites (N-methyl/N-ethyl adjacent to an activating group) is 1. The van der Waals surface area contributed by atoms with Crippen LogP contribution in [0.15, 0.2) is 24.3 Å². The van der Waals surface area contributed by atoms with Gasteiger partial charge in [-0.1, -0.05) is 38.3 Å². The van der Waals surface area contributed by atoms with E-state index in [-0.39, 0.29) is 18.0 Å². The van der Waals surface area contributed by atoms with Gasteiger partial charge in [0.25, 0.3) is 0 Å². The third-order valence-corrected chi connectivity index (χ3v) is 5.22. The Hall–Kier alpha value is -1.55. The van der Waals surface area contributed by atoms with Crippen LogP contribution >= 0.6 is 0 Å². The monoisotopic (exact) mass is 332 g/mol. The molecule has 1 fully saturated rings. The van der Waals surface area contributed by atoms with Crippen molar-refractivity contribution in [2.45, 2.75) is 70.5 Å². The van der Waals surface area contributed by atoms with Crippen LogP contribution in [0.25, 0.3) is 0 Å². The van der Waals surface area contributed by atoms with Crippen molar-refractivity contribution < 1.29 is 9.53 Å². The number of carbonyl (C=O) groups excluding carboxylic acids is 1. The number of nitrogens with zero attached hydrogens (tertiary/aromatic N) is 1. The second-order valence-corrected chi connectivity index (χ2v) is 6.86. The highest BCUT2D eigenvalue weighted by atomic mass is 16.5. The molecule has 1 aromatic carbocycles. The van der Waals surface area contributed by atoms with E-state index in [1.54, 1.807) is 7.11 Å². The van der Waals surface area contributed by atoms with Crippen molar-refractivity contribution in [1.82, 2.24) is 10.2 Å². The smallest absolute Gasteiger partial charge is 0.239 e. The largest absolute Gasteiger partial charge is 0.497 e. The van der Waals surface area contributed by atoms with E-state index in [1.165, 1.54) is 24.8 Å². The summed E-state index contributed by atoms with van der Waals surface area (Å²) in [5.41, 5.74) is 1.19. The van der Waals surface area contributed by atoms with Crippen molar-refractivity contribution in [3.05, 3.63) is 29.8 Å². The van der Waals surface area contributed by atoms with Crippen LogP contribution < -0.4 is 10.1 Å². The van der Waals surface area contributed by atoms with Gasteiger partial charge in [0.15, 0.2) is 0 Å². The first-order valence-electron chi connectivity index (χ1n) is 9.23. The molecule has 134 valence electrons. The van der Waals surface area contributed by atoms with Gasteiger partial charge in [-0.3, -0.25) is 10.1 Å². The number of rotatable bonds is 7. The van der Waals surface area contributed by atoms with Crippen molar-refractivity contribution in [3.63, 3.8) is 0 Å². The highest BCUT2D eigenvalue weighted by Crippen LogP contribution is 2.23. The summed E-state index contributed by atoms with van der Waals surface area (Å²) in [6, 6.07) is 8.50. The lowest BCUT2D eigenvalue weighted by atomic mass is 9.94. The SMILES string of the molecule is CCC(NC(C)C(=O)N(C)C1CCCCC1)c1ccc(OC)cc1. The number of carbonyl (C=O) groups is 1. The summed E-state index contributed by atoms with van der Waals surface area (Å²) in [7, 11) is 3.64. The molecule has 0 heterocycles. The lowest BCUT2D eigenvalue weighted by Gasteiger charge is -2.34. The Morgan fingerprint density at radius 1 is 1.25 bits per heavy atom. The minimum Gasteiger partial charge on any atom is -0.497 e.